The molecule has 0 unspecified atom stereocenters. The number of fused-ring (bicyclic) bond motifs is 1. The number of Topliss-reactive ketones (excluding diaryl/α,β-unsaturated/α-hetero) is 1. The topological polar surface area (TPSA) is 68.4 Å². The molecule has 0 amide bonds. The minimum Gasteiger partial charge on any atom is -0.494 e. The first-order chi connectivity index (χ1) is 13.5. The summed E-state index contributed by atoms with van der Waals surface area (Å²) < 4.78 is 10.9. The van der Waals surface area contributed by atoms with E-state index in [1.165, 1.54) is 0 Å². The van der Waals surface area contributed by atoms with E-state index in [9.17, 15) is 9.59 Å². The summed E-state index contributed by atoms with van der Waals surface area (Å²) in [6.45, 7) is 6.93. The van der Waals surface area contributed by atoms with E-state index in [4.69, 9.17) is 9.47 Å². The van der Waals surface area contributed by atoms with Crippen molar-refractivity contribution in [2.75, 3.05) is 13.2 Å². The number of rotatable bonds is 8. The lowest BCUT2D eigenvalue weighted by Crippen LogP contribution is -2.18. The van der Waals surface area contributed by atoms with Crippen LogP contribution in [0.15, 0.2) is 24.3 Å². The van der Waals surface area contributed by atoms with Crippen LogP contribution in [0.25, 0.3) is 0 Å². The van der Waals surface area contributed by atoms with E-state index in [-0.39, 0.29) is 17.7 Å². The average molecular weight is 383 g/mol. The molecule has 3 rings (SSSR count). The van der Waals surface area contributed by atoms with Crippen LogP contribution >= 0.6 is 0 Å². The Hall–Kier alpha value is -2.56. The maximum absolute atomic E-state index is 12.8. The summed E-state index contributed by atoms with van der Waals surface area (Å²) in [6.07, 6.45) is 4.13. The Balaban J connectivity index is 1.75. The highest BCUT2D eigenvalue weighted by Gasteiger charge is 2.32. The lowest BCUT2D eigenvalue weighted by atomic mass is 9.81. The van der Waals surface area contributed by atoms with Gasteiger partial charge in [0.15, 0.2) is 5.78 Å². The SMILES string of the molecule is CCCCCOC(=O)c1[nH]c2c(c1C)C(=O)C[C@@H](c1ccc(OCC)cc1)C2. The van der Waals surface area contributed by atoms with Gasteiger partial charge in [0.2, 0.25) is 0 Å². The molecule has 1 aliphatic rings. The predicted molar refractivity (Wildman–Crippen MR) is 108 cm³/mol. The molecule has 0 aliphatic heterocycles. The molecule has 1 atom stereocenters. The third kappa shape index (κ3) is 4.29. The third-order valence-electron chi connectivity index (χ3n) is 5.34. The lowest BCUT2D eigenvalue weighted by Gasteiger charge is -2.22. The van der Waals surface area contributed by atoms with Crippen molar-refractivity contribution in [2.45, 2.75) is 58.8 Å². The molecule has 2 aromatic rings. The molecule has 0 saturated heterocycles. The van der Waals surface area contributed by atoms with Gasteiger partial charge in [0.25, 0.3) is 0 Å². The molecule has 5 heteroatoms. The zero-order valence-corrected chi connectivity index (χ0v) is 17.0. The number of hydrogen-bond acceptors (Lipinski definition) is 4. The zero-order valence-electron chi connectivity index (χ0n) is 17.0. The number of ether oxygens (including phenoxy) is 2. The summed E-state index contributed by atoms with van der Waals surface area (Å²) in [5, 5.41) is 0. The second kappa shape index (κ2) is 9.09. The third-order valence-corrected chi connectivity index (χ3v) is 5.34. The molecule has 1 aromatic heterocycles. The molecule has 1 aliphatic carbocycles. The number of H-pyrrole nitrogens is 1. The highest BCUT2D eigenvalue weighted by molar-refractivity contribution is 6.03. The summed E-state index contributed by atoms with van der Waals surface area (Å²) in [7, 11) is 0. The molecule has 150 valence electrons. The van der Waals surface area contributed by atoms with E-state index in [1.54, 1.807) is 0 Å². The van der Waals surface area contributed by atoms with Crippen molar-refractivity contribution in [1.82, 2.24) is 4.98 Å². The van der Waals surface area contributed by atoms with Crippen molar-refractivity contribution in [1.29, 1.82) is 0 Å². The van der Waals surface area contributed by atoms with Gasteiger partial charge in [-0.05, 0) is 55.9 Å². The summed E-state index contributed by atoms with van der Waals surface area (Å²) in [5.41, 5.74) is 3.75. The molecule has 28 heavy (non-hydrogen) atoms. The molecular weight excluding hydrogens is 354 g/mol. The maximum atomic E-state index is 12.8. The maximum Gasteiger partial charge on any atom is 0.355 e. The normalized spacial score (nSPS) is 16.0. The number of carbonyl (C=O) groups excluding carboxylic acids is 2. The van der Waals surface area contributed by atoms with Crippen LogP contribution in [0.2, 0.25) is 0 Å². The van der Waals surface area contributed by atoms with Crippen LogP contribution in [0.4, 0.5) is 0 Å². The first-order valence-electron chi connectivity index (χ1n) is 10.2. The van der Waals surface area contributed by atoms with Crippen LogP contribution in [-0.2, 0) is 11.2 Å². The van der Waals surface area contributed by atoms with Gasteiger partial charge in [-0.25, -0.2) is 4.79 Å². The molecule has 0 bridgehead atoms. The number of carbonyl (C=O) groups is 2. The lowest BCUT2D eigenvalue weighted by molar-refractivity contribution is 0.0491. The largest absolute Gasteiger partial charge is 0.494 e. The molecule has 1 heterocycles. The van der Waals surface area contributed by atoms with Crippen molar-refractivity contribution < 1.29 is 19.1 Å². The number of nitrogens with one attached hydrogen (secondary N) is 1. The first-order valence-corrected chi connectivity index (χ1v) is 10.2. The summed E-state index contributed by atoms with van der Waals surface area (Å²) in [5.74, 6) is 0.646. The highest BCUT2D eigenvalue weighted by Crippen LogP contribution is 2.35. The Morgan fingerprint density at radius 1 is 1.14 bits per heavy atom. The number of aromatic amines is 1. The van der Waals surface area contributed by atoms with Crippen molar-refractivity contribution in [3.63, 3.8) is 0 Å². The van der Waals surface area contributed by atoms with Crippen molar-refractivity contribution >= 4 is 11.8 Å². The Kier molecular flexibility index (Phi) is 6.55. The Morgan fingerprint density at radius 3 is 2.57 bits per heavy atom. The fourth-order valence-electron chi connectivity index (χ4n) is 3.87. The summed E-state index contributed by atoms with van der Waals surface area (Å²) in [6, 6.07) is 7.93. The van der Waals surface area contributed by atoms with Crippen LogP contribution in [0.1, 0.15) is 83.1 Å². The molecule has 0 radical (unpaired) electrons. The van der Waals surface area contributed by atoms with Gasteiger partial charge >= 0.3 is 5.97 Å². The number of unbranched alkanes of at least 4 members (excludes halogenated alkanes) is 2. The van der Waals surface area contributed by atoms with Crippen LogP contribution < -0.4 is 4.74 Å². The van der Waals surface area contributed by atoms with Gasteiger partial charge in [-0.2, -0.15) is 0 Å². The molecule has 0 spiro atoms. The van der Waals surface area contributed by atoms with E-state index in [0.29, 0.717) is 42.9 Å². The van der Waals surface area contributed by atoms with E-state index >= 15 is 0 Å². The van der Waals surface area contributed by atoms with Gasteiger partial charge in [0.1, 0.15) is 11.4 Å². The molecule has 0 fully saturated rings. The van der Waals surface area contributed by atoms with Crippen LogP contribution in [0, 0.1) is 6.92 Å². The van der Waals surface area contributed by atoms with Crippen molar-refractivity contribution in [3.8, 4) is 5.75 Å². The van der Waals surface area contributed by atoms with Crippen LogP contribution in [0.5, 0.6) is 5.75 Å². The van der Waals surface area contributed by atoms with Gasteiger partial charge < -0.3 is 14.5 Å². The average Bonchev–Trinajstić information content (AvgIpc) is 3.03. The summed E-state index contributed by atoms with van der Waals surface area (Å²) >= 11 is 0. The molecule has 0 saturated carbocycles. The number of ketones is 1. The minimum atomic E-state index is -0.367. The minimum absolute atomic E-state index is 0.0823. The Bertz CT molecular complexity index is 835. The number of hydrogen-bond donors (Lipinski definition) is 1. The van der Waals surface area contributed by atoms with Crippen molar-refractivity contribution in [2.24, 2.45) is 0 Å². The summed E-state index contributed by atoms with van der Waals surface area (Å²) in [4.78, 5) is 28.4. The quantitative estimate of drug-likeness (QED) is 0.515. The molecule has 1 aromatic carbocycles. The van der Waals surface area contributed by atoms with Crippen LogP contribution in [-0.4, -0.2) is 30.0 Å². The van der Waals surface area contributed by atoms with Gasteiger partial charge in [-0.3, -0.25) is 4.79 Å². The first kappa shape index (κ1) is 20.2. The van der Waals surface area contributed by atoms with E-state index in [1.807, 2.05) is 38.1 Å². The molecule has 5 nitrogen and oxygen atoms in total. The molecular formula is C23H29NO4. The van der Waals surface area contributed by atoms with Gasteiger partial charge in [-0.1, -0.05) is 31.9 Å². The number of benzene rings is 1. The van der Waals surface area contributed by atoms with E-state index in [2.05, 4.69) is 11.9 Å². The Labute approximate surface area is 166 Å². The van der Waals surface area contributed by atoms with E-state index in [0.717, 1.165) is 36.3 Å². The van der Waals surface area contributed by atoms with Crippen molar-refractivity contribution in [3.05, 3.63) is 52.3 Å². The second-order valence-corrected chi connectivity index (χ2v) is 7.35. The standard InChI is InChI=1S/C23H29NO4/c1-4-6-7-12-28-23(26)22-15(3)21-19(24-22)13-17(14-20(21)25)16-8-10-18(11-9-16)27-5-2/h8-11,17,24H,4-7,12-14H2,1-3H3/t17-/m0/s1. The fraction of sp³-hybridized carbons (Fsp3) is 0.478. The fourth-order valence-corrected chi connectivity index (χ4v) is 3.87. The predicted octanol–water partition coefficient (Wildman–Crippen LogP) is 4.98. The van der Waals surface area contributed by atoms with Crippen LogP contribution in [0.3, 0.4) is 0 Å². The number of esters is 1. The monoisotopic (exact) mass is 383 g/mol. The highest BCUT2D eigenvalue weighted by atomic mass is 16.5. The van der Waals surface area contributed by atoms with Gasteiger partial charge in [-0.15, -0.1) is 0 Å². The second-order valence-electron chi connectivity index (χ2n) is 7.35. The van der Waals surface area contributed by atoms with Gasteiger partial charge in [0, 0.05) is 17.7 Å². The zero-order chi connectivity index (χ0) is 20.1. The van der Waals surface area contributed by atoms with Gasteiger partial charge in [0.05, 0.1) is 13.2 Å². The smallest absolute Gasteiger partial charge is 0.355 e. The number of aromatic nitrogens is 1. The Morgan fingerprint density at radius 2 is 1.89 bits per heavy atom. The van der Waals surface area contributed by atoms with E-state index < -0.39 is 0 Å². The molecule has 1 N–H and O–H groups in total.